The minimum Gasteiger partial charge on any atom is -0.482 e. The van der Waals surface area contributed by atoms with E-state index in [1.807, 2.05) is 0 Å². The van der Waals surface area contributed by atoms with Gasteiger partial charge in [0, 0.05) is 14.7 Å². The Hall–Kier alpha value is -3.75. The lowest BCUT2D eigenvalue weighted by atomic mass is 10.2. The Balaban J connectivity index is 2.18. The minimum atomic E-state index is -5.28. The van der Waals surface area contributed by atoms with Crippen LogP contribution in [0, 0.1) is 0 Å². The SMILES string of the molecule is CC(C)(C)OC(=O)COc1cccc(S(OS(=O)(=O)CC(F)(F)F)(c2ccccc2)c2cccc(OCC(=O)OC(C)(C)C)c2)c1. The molecule has 9 nitrogen and oxygen atoms in total. The highest BCUT2D eigenvalue weighted by atomic mass is 32.3. The molecule has 252 valence electrons. The van der Waals surface area contributed by atoms with Gasteiger partial charge >= 0.3 is 18.1 Å². The third-order valence-corrected chi connectivity index (χ3v) is 10.5. The molecule has 0 aliphatic carbocycles. The zero-order chi connectivity index (χ0) is 34.4. The Morgan fingerprint density at radius 3 is 1.43 bits per heavy atom. The summed E-state index contributed by atoms with van der Waals surface area (Å²) < 4.78 is 94.2. The normalized spacial score (nSPS) is 13.1. The summed E-state index contributed by atoms with van der Waals surface area (Å²) >= 11 is 0. The number of carbonyl (C=O) groups is 2. The number of carbonyl (C=O) groups excluding carboxylic acids is 2. The minimum absolute atomic E-state index is 0.102. The van der Waals surface area contributed by atoms with E-state index in [-0.39, 0.29) is 26.2 Å². The fraction of sp³-hybridized carbons (Fsp3) is 0.375. The van der Waals surface area contributed by atoms with Crippen LogP contribution >= 0.6 is 10.3 Å². The molecule has 0 atom stereocenters. The molecule has 0 aromatic heterocycles. The van der Waals surface area contributed by atoms with Crippen molar-refractivity contribution in [2.24, 2.45) is 0 Å². The first kappa shape index (κ1) is 36.7. The van der Waals surface area contributed by atoms with Crippen molar-refractivity contribution in [3.63, 3.8) is 0 Å². The molecule has 46 heavy (non-hydrogen) atoms. The Labute approximate surface area is 268 Å². The van der Waals surface area contributed by atoms with Gasteiger partial charge in [-0.3, -0.25) is 0 Å². The molecule has 0 saturated heterocycles. The van der Waals surface area contributed by atoms with Crippen LogP contribution in [0.25, 0.3) is 0 Å². The highest BCUT2D eigenvalue weighted by Crippen LogP contribution is 2.70. The Morgan fingerprint density at radius 1 is 0.630 bits per heavy atom. The van der Waals surface area contributed by atoms with E-state index >= 15 is 0 Å². The number of esters is 2. The predicted octanol–water partition coefficient (Wildman–Crippen LogP) is 7.23. The average molecular weight is 687 g/mol. The highest BCUT2D eigenvalue weighted by molar-refractivity contribution is 8.33. The summed E-state index contributed by atoms with van der Waals surface area (Å²) in [5.41, 5.74) is -1.54. The zero-order valence-electron chi connectivity index (χ0n) is 26.3. The molecule has 3 rings (SSSR count). The molecule has 14 heteroatoms. The molecule has 0 bridgehead atoms. The topological polar surface area (TPSA) is 114 Å². The fourth-order valence-corrected chi connectivity index (χ4v) is 9.27. The summed E-state index contributed by atoms with van der Waals surface area (Å²) in [4.78, 5) is 25.1. The Morgan fingerprint density at radius 2 is 1.04 bits per heavy atom. The van der Waals surface area contributed by atoms with Crippen LogP contribution in [-0.4, -0.2) is 56.7 Å². The number of hydrogen-bond acceptors (Lipinski definition) is 9. The molecular weight excluding hydrogens is 649 g/mol. The Kier molecular flexibility index (Phi) is 11.5. The molecule has 0 saturated carbocycles. The van der Waals surface area contributed by atoms with E-state index in [9.17, 15) is 31.2 Å². The van der Waals surface area contributed by atoms with Crippen molar-refractivity contribution in [2.75, 3.05) is 19.0 Å². The van der Waals surface area contributed by atoms with Gasteiger partial charge in [0.1, 0.15) is 22.7 Å². The summed E-state index contributed by atoms with van der Waals surface area (Å²) in [5, 5.41) is 0. The first-order chi connectivity index (χ1) is 21.2. The van der Waals surface area contributed by atoms with Gasteiger partial charge in [0.2, 0.25) is 0 Å². The van der Waals surface area contributed by atoms with Crippen LogP contribution in [0.15, 0.2) is 93.5 Å². The summed E-state index contributed by atoms with van der Waals surface area (Å²) in [5.74, 6) is -3.38. The lowest BCUT2D eigenvalue weighted by Gasteiger charge is -2.39. The van der Waals surface area contributed by atoms with Crippen molar-refractivity contribution >= 4 is 32.4 Å². The number of halogens is 3. The molecule has 0 heterocycles. The van der Waals surface area contributed by atoms with Gasteiger partial charge in [-0.05, 0) is 100 Å². The highest BCUT2D eigenvalue weighted by Gasteiger charge is 2.43. The molecule has 0 N–H and O–H groups in total. The quantitative estimate of drug-likeness (QED) is 0.182. The van der Waals surface area contributed by atoms with Gasteiger partial charge in [-0.1, -0.05) is 30.3 Å². The maximum atomic E-state index is 13.5. The van der Waals surface area contributed by atoms with Crippen molar-refractivity contribution in [1.29, 1.82) is 0 Å². The molecule has 0 spiro atoms. The van der Waals surface area contributed by atoms with Gasteiger partial charge in [-0.2, -0.15) is 21.6 Å². The Bertz CT molecular complexity index is 1540. The first-order valence-electron chi connectivity index (χ1n) is 14.0. The standard InChI is InChI=1S/C32H37F3O9S2/c1-30(2,3)42-28(36)20-40-23-12-10-16-26(18-23)46(25-14-8-7-9-15-25,44-45(38,39)22-32(33,34)35)27-17-11-13-24(19-27)41-21-29(37)43-31(4,5)6/h7-19H,20-22H2,1-6H3. The van der Waals surface area contributed by atoms with E-state index < -0.39 is 68.7 Å². The second-order valence-electron chi connectivity index (χ2n) is 12.0. The summed E-state index contributed by atoms with van der Waals surface area (Å²) in [7, 11) is -8.80. The van der Waals surface area contributed by atoms with Crippen molar-refractivity contribution in [3.05, 3.63) is 78.9 Å². The van der Waals surface area contributed by atoms with E-state index in [1.165, 1.54) is 60.7 Å². The number of alkyl halides is 3. The van der Waals surface area contributed by atoms with E-state index in [0.29, 0.717) is 0 Å². The van der Waals surface area contributed by atoms with E-state index in [2.05, 4.69) is 0 Å². The molecule has 0 aliphatic heterocycles. The van der Waals surface area contributed by atoms with Gasteiger partial charge in [0.05, 0.1) is 0 Å². The third kappa shape index (κ3) is 11.2. The largest absolute Gasteiger partial charge is 0.482 e. The number of ether oxygens (including phenoxy) is 4. The maximum Gasteiger partial charge on any atom is 0.405 e. The van der Waals surface area contributed by atoms with Crippen molar-refractivity contribution < 1.29 is 53.8 Å². The molecule has 3 aromatic carbocycles. The zero-order valence-corrected chi connectivity index (χ0v) is 27.9. The van der Waals surface area contributed by atoms with Crippen LogP contribution in [0.2, 0.25) is 0 Å². The molecular formula is C32H37F3O9S2. The van der Waals surface area contributed by atoms with Crippen molar-refractivity contribution in [3.8, 4) is 11.5 Å². The van der Waals surface area contributed by atoms with Gasteiger partial charge in [0.15, 0.2) is 19.0 Å². The van der Waals surface area contributed by atoms with E-state index in [0.717, 1.165) is 0 Å². The predicted molar refractivity (Wildman–Crippen MR) is 165 cm³/mol. The first-order valence-corrected chi connectivity index (χ1v) is 17.1. The summed E-state index contributed by atoms with van der Waals surface area (Å²) in [6.07, 6.45) is -5.10. The molecule has 0 aliphatic rings. The van der Waals surface area contributed by atoms with Crippen molar-refractivity contribution in [2.45, 2.75) is 73.6 Å². The van der Waals surface area contributed by atoms with Gasteiger partial charge in [-0.25, -0.2) is 13.2 Å². The van der Waals surface area contributed by atoms with Crippen LogP contribution < -0.4 is 9.47 Å². The van der Waals surface area contributed by atoms with Crippen molar-refractivity contribution in [1.82, 2.24) is 0 Å². The van der Waals surface area contributed by atoms with Gasteiger partial charge < -0.3 is 18.9 Å². The van der Waals surface area contributed by atoms with Crippen LogP contribution in [0.1, 0.15) is 41.5 Å². The average Bonchev–Trinajstić information content (AvgIpc) is 2.91. The molecule has 0 unspecified atom stereocenters. The van der Waals surface area contributed by atoms with E-state index in [1.54, 1.807) is 59.7 Å². The summed E-state index contributed by atoms with van der Waals surface area (Å²) in [6, 6.07) is 19.6. The van der Waals surface area contributed by atoms with Crippen LogP contribution in [0.4, 0.5) is 13.2 Å². The number of benzene rings is 3. The fourth-order valence-electron chi connectivity index (χ4n) is 4.03. The third-order valence-electron chi connectivity index (χ3n) is 5.45. The summed E-state index contributed by atoms with van der Waals surface area (Å²) in [6.45, 7) is 9.15. The lowest BCUT2D eigenvalue weighted by molar-refractivity contribution is -0.158. The van der Waals surface area contributed by atoms with Gasteiger partial charge in [-0.15, -0.1) is 0 Å². The molecule has 3 aromatic rings. The number of rotatable bonds is 12. The smallest absolute Gasteiger partial charge is 0.405 e. The van der Waals surface area contributed by atoms with E-state index in [4.69, 9.17) is 22.6 Å². The van der Waals surface area contributed by atoms with Crippen LogP contribution in [0.3, 0.4) is 0 Å². The second kappa shape index (κ2) is 14.3. The second-order valence-corrected chi connectivity index (χ2v) is 16.4. The number of hydrogen-bond donors (Lipinski definition) is 0. The van der Waals surface area contributed by atoms with Crippen LogP contribution in [-0.2, 0) is 32.8 Å². The molecule has 0 radical (unpaired) electrons. The molecule has 0 amide bonds. The monoisotopic (exact) mass is 686 g/mol. The van der Waals surface area contributed by atoms with Crippen LogP contribution in [0.5, 0.6) is 11.5 Å². The lowest BCUT2D eigenvalue weighted by Crippen LogP contribution is -2.27. The maximum absolute atomic E-state index is 13.5. The van der Waals surface area contributed by atoms with Gasteiger partial charge in [0.25, 0.3) is 10.1 Å². The molecule has 0 fully saturated rings.